The second-order valence-electron chi connectivity index (χ2n) is 6.08. The van der Waals surface area contributed by atoms with E-state index in [9.17, 15) is 13.2 Å². The van der Waals surface area contributed by atoms with Crippen molar-refractivity contribution in [1.82, 2.24) is 4.98 Å². The van der Waals surface area contributed by atoms with Gasteiger partial charge in [0.25, 0.3) is 0 Å². The van der Waals surface area contributed by atoms with Crippen molar-refractivity contribution < 1.29 is 27.4 Å². The molecule has 1 aromatic heterocycles. The number of hydrogen-bond acceptors (Lipinski definition) is 4. The minimum Gasteiger partial charge on any atom is -0.488 e. The van der Waals surface area contributed by atoms with Gasteiger partial charge in [-0.05, 0) is 102 Å². The van der Waals surface area contributed by atoms with Crippen LogP contribution in [-0.2, 0) is 6.18 Å². The standard InChI is InChI=1S/C21H12Br3ClF3NO3/c22-16-10-15(5-6-18(16)30-8-7-19(23)24)31-13-1-3-14(4-2-13)32-20-17(25)9-12(11-29-20)21(26,27)28/h1-7,9-11H,8H2. The number of aromatic nitrogens is 1. The summed E-state index contributed by atoms with van der Waals surface area (Å²) in [5, 5.41) is -0.244. The van der Waals surface area contributed by atoms with Crippen LogP contribution in [0.4, 0.5) is 13.2 Å². The highest BCUT2D eigenvalue weighted by Gasteiger charge is 2.31. The highest BCUT2D eigenvalue weighted by atomic mass is 79.9. The van der Waals surface area contributed by atoms with Crippen LogP contribution in [0.2, 0.25) is 5.02 Å². The van der Waals surface area contributed by atoms with Crippen molar-refractivity contribution in [2.24, 2.45) is 0 Å². The molecule has 3 rings (SSSR count). The van der Waals surface area contributed by atoms with Crippen LogP contribution >= 0.6 is 59.4 Å². The second kappa shape index (κ2) is 10.9. The second-order valence-corrected chi connectivity index (χ2v) is 10.1. The molecule has 0 saturated carbocycles. The maximum Gasteiger partial charge on any atom is 0.417 e. The number of halogens is 7. The zero-order valence-corrected chi connectivity index (χ0v) is 21.3. The molecule has 0 bridgehead atoms. The summed E-state index contributed by atoms with van der Waals surface area (Å²) in [4.78, 5) is 3.65. The Bertz CT molecular complexity index is 1120. The van der Waals surface area contributed by atoms with E-state index in [0.717, 1.165) is 13.9 Å². The quantitative estimate of drug-likeness (QED) is 0.254. The largest absolute Gasteiger partial charge is 0.488 e. The zero-order valence-electron chi connectivity index (χ0n) is 15.8. The van der Waals surface area contributed by atoms with Crippen molar-refractivity contribution in [3.63, 3.8) is 0 Å². The average Bonchev–Trinajstić information content (AvgIpc) is 2.71. The molecule has 2 aromatic carbocycles. The van der Waals surface area contributed by atoms with Crippen LogP contribution in [0.5, 0.6) is 28.9 Å². The lowest BCUT2D eigenvalue weighted by molar-refractivity contribution is -0.137. The van der Waals surface area contributed by atoms with E-state index in [1.54, 1.807) is 42.5 Å². The molecule has 0 unspecified atom stereocenters. The molecule has 11 heteroatoms. The van der Waals surface area contributed by atoms with E-state index in [0.29, 0.717) is 35.8 Å². The van der Waals surface area contributed by atoms with E-state index < -0.39 is 11.7 Å². The van der Waals surface area contributed by atoms with Crippen molar-refractivity contribution >= 4 is 59.4 Å². The van der Waals surface area contributed by atoms with Gasteiger partial charge in [-0.15, -0.1) is 0 Å². The first kappa shape index (κ1) is 24.9. The molecule has 0 atom stereocenters. The van der Waals surface area contributed by atoms with E-state index in [1.165, 1.54) is 0 Å². The molecule has 4 nitrogen and oxygen atoms in total. The van der Waals surface area contributed by atoms with Crippen LogP contribution in [0.25, 0.3) is 0 Å². The lowest BCUT2D eigenvalue weighted by Crippen LogP contribution is -2.05. The smallest absolute Gasteiger partial charge is 0.417 e. The van der Waals surface area contributed by atoms with Gasteiger partial charge in [0.05, 0.1) is 13.4 Å². The van der Waals surface area contributed by atoms with Crippen molar-refractivity contribution in [3.05, 3.63) is 79.3 Å². The van der Waals surface area contributed by atoms with Gasteiger partial charge in [-0.1, -0.05) is 11.6 Å². The van der Waals surface area contributed by atoms with Crippen LogP contribution in [0, 0.1) is 0 Å². The molecule has 0 fully saturated rings. The average molecular weight is 658 g/mol. The zero-order chi connectivity index (χ0) is 23.3. The third-order valence-electron chi connectivity index (χ3n) is 3.79. The predicted molar refractivity (Wildman–Crippen MR) is 126 cm³/mol. The Kier molecular flexibility index (Phi) is 8.49. The minimum atomic E-state index is -4.53. The number of alkyl halides is 3. The summed E-state index contributed by atoms with van der Waals surface area (Å²) in [7, 11) is 0. The normalized spacial score (nSPS) is 11.1. The van der Waals surface area contributed by atoms with Gasteiger partial charge in [-0.2, -0.15) is 13.2 Å². The highest BCUT2D eigenvalue weighted by molar-refractivity contribution is 9.28. The third kappa shape index (κ3) is 7.13. The van der Waals surface area contributed by atoms with Gasteiger partial charge in [0, 0.05) is 6.20 Å². The Morgan fingerprint density at radius 2 is 1.59 bits per heavy atom. The first-order chi connectivity index (χ1) is 15.1. The molecular formula is C21H12Br3ClF3NO3. The Morgan fingerprint density at radius 3 is 2.16 bits per heavy atom. The van der Waals surface area contributed by atoms with E-state index in [4.69, 9.17) is 25.8 Å². The number of nitrogens with zero attached hydrogens (tertiary/aromatic N) is 1. The fourth-order valence-corrected chi connectivity index (χ4v) is 3.28. The summed E-state index contributed by atoms with van der Waals surface area (Å²) in [6, 6.07) is 12.5. The van der Waals surface area contributed by atoms with Crippen molar-refractivity contribution in [1.29, 1.82) is 0 Å². The Balaban J connectivity index is 1.64. The summed E-state index contributed by atoms with van der Waals surface area (Å²) in [5.74, 6) is 1.95. The number of benzene rings is 2. The molecule has 0 N–H and O–H groups in total. The fourth-order valence-electron chi connectivity index (χ4n) is 2.34. The molecular weight excluding hydrogens is 646 g/mol. The lowest BCUT2D eigenvalue weighted by atomic mass is 10.3. The fraction of sp³-hybridized carbons (Fsp3) is 0.0952. The minimum absolute atomic E-state index is 0.130. The van der Waals surface area contributed by atoms with Gasteiger partial charge in [-0.3, -0.25) is 0 Å². The molecule has 0 aliphatic heterocycles. The molecule has 0 aliphatic rings. The third-order valence-corrected chi connectivity index (χ3v) is 5.33. The summed E-state index contributed by atoms with van der Waals surface area (Å²) in [6.45, 7) is 0.379. The van der Waals surface area contributed by atoms with Gasteiger partial charge in [-0.25, -0.2) is 4.98 Å². The van der Waals surface area contributed by atoms with E-state index in [1.807, 2.05) is 6.08 Å². The molecule has 0 aliphatic carbocycles. The van der Waals surface area contributed by atoms with Crippen LogP contribution in [0.3, 0.4) is 0 Å². The summed E-state index contributed by atoms with van der Waals surface area (Å²) >= 11 is 15.8. The van der Waals surface area contributed by atoms with Gasteiger partial charge in [0.1, 0.15) is 34.6 Å². The number of pyridine rings is 1. The molecule has 0 radical (unpaired) electrons. The molecule has 168 valence electrons. The van der Waals surface area contributed by atoms with Gasteiger partial charge in [0.2, 0.25) is 5.88 Å². The van der Waals surface area contributed by atoms with E-state index in [-0.39, 0.29) is 10.9 Å². The summed E-state index contributed by atoms with van der Waals surface area (Å²) < 4.78 is 56.6. The topological polar surface area (TPSA) is 40.6 Å². The maximum absolute atomic E-state index is 12.7. The summed E-state index contributed by atoms with van der Waals surface area (Å²) in [6.07, 6.45) is -2.05. The summed E-state index contributed by atoms with van der Waals surface area (Å²) in [5.41, 5.74) is -0.950. The molecule has 0 saturated heterocycles. The number of ether oxygens (including phenoxy) is 3. The highest BCUT2D eigenvalue weighted by Crippen LogP contribution is 2.36. The first-order valence-corrected chi connectivity index (χ1v) is 11.5. The number of hydrogen-bond donors (Lipinski definition) is 0. The van der Waals surface area contributed by atoms with Crippen molar-refractivity contribution in [3.8, 4) is 28.9 Å². The Morgan fingerprint density at radius 1 is 0.969 bits per heavy atom. The molecule has 32 heavy (non-hydrogen) atoms. The first-order valence-electron chi connectivity index (χ1n) is 8.74. The van der Waals surface area contributed by atoms with Gasteiger partial charge >= 0.3 is 6.18 Å². The monoisotopic (exact) mass is 655 g/mol. The van der Waals surface area contributed by atoms with Crippen LogP contribution in [0.15, 0.2) is 68.7 Å². The van der Waals surface area contributed by atoms with Crippen LogP contribution in [-0.4, -0.2) is 11.6 Å². The van der Waals surface area contributed by atoms with Gasteiger partial charge < -0.3 is 14.2 Å². The Labute approximate surface area is 211 Å². The lowest BCUT2D eigenvalue weighted by Gasteiger charge is -2.11. The molecule has 0 spiro atoms. The van der Waals surface area contributed by atoms with Crippen molar-refractivity contribution in [2.75, 3.05) is 6.61 Å². The molecule has 3 aromatic rings. The van der Waals surface area contributed by atoms with Crippen LogP contribution in [0.1, 0.15) is 5.56 Å². The Hall–Kier alpha value is -1.75. The van der Waals surface area contributed by atoms with Crippen LogP contribution < -0.4 is 14.2 Å². The molecule has 0 amide bonds. The van der Waals surface area contributed by atoms with Crippen molar-refractivity contribution in [2.45, 2.75) is 6.18 Å². The van der Waals surface area contributed by atoms with Gasteiger partial charge in [0.15, 0.2) is 0 Å². The number of rotatable bonds is 7. The van der Waals surface area contributed by atoms with E-state index >= 15 is 0 Å². The predicted octanol–water partition coefficient (Wildman–Crippen LogP) is 9.11. The SMILES string of the molecule is FC(F)(F)c1cnc(Oc2ccc(Oc3ccc(OCC=C(Br)Br)c(Br)c3)cc2)c(Cl)c1. The van der Waals surface area contributed by atoms with E-state index in [2.05, 4.69) is 52.8 Å². The molecule has 1 heterocycles. The maximum atomic E-state index is 12.7.